The SMILES string of the molecule is CC(C)c1ccc(C=NNC(=O)c2ccc(OC(F)(F)F)cc2)cc1. The van der Waals surface area contributed by atoms with E-state index in [4.69, 9.17) is 0 Å². The first-order chi connectivity index (χ1) is 11.7. The molecule has 0 spiro atoms. The molecule has 0 aliphatic carbocycles. The van der Waals surface area contributed by atoms with Gasteiger partial charge in [0.05, 0.1) is 6.21 Å². The summed E-state index contributed by atoms with van der Waals surface area (Å²) in [6, 6.07) is 12.3. The Morgan fingerprint density at radius 3 is 2.20 bits per heavy atom. The van der Waals surface area contributed by atoms with Crippen molar-refractivity contribution in [1.29, 1.82) is 0 Å². The molecule has 0 fully saturated rings. The summed E-state index contributed by atoms with van der Waals surface area (Å²) in [4.78, 5) is 11.9. The summed E-state index contributed by atoms with van der Waals surface area (Å²) < 4.78 is 40.0. The Labute approximate surface area is 143 Å². The minimum absolute atomic E-state index is 0.168. The van der Waals surface area contributed by atoms with Gasteiger partial charge in [0.25, 0.3) is 5.91 Å². The van der Waals surface area contributed by atoms with E-state index in [-0.39, 0.29) is 5.56 Å². The second-order valence-corrected chi connectivity index (χ2v) is 5.59. The first-order valence-electron chi connectivity index (χ1n) is 7.54. The van der Waals surface area contributed by atoms with Gasteiger partial charge in [0.15, 0.2) is 0 Å². The molecule has 4 nitrogen and oxygen atoms in total. The Bertz CT molecular complexity index is 736. The third kappa shape index (κ3) is 5.95. The second-order valence-electron chi connectivity index (χ2n) is 5.59. The summed E-state index contributed by atoms with van der Waals surface area (Å²) in [7, 11) is 0. The molecule has 0 heterocycles. The molecule has 2 aromatic rings. The summed E-state index contributed by atoms with van der Waals surface area (Å²) in [5.41, 5.74) is 4.50. The summed E-state index contributed by atoms with van der Waals surface area (Å²) in [5.74, 6) is -0.499. The Morgan fingerprint density at radius 1 is 1.08 bits per heavy atom. The fourth-order valence-electron chi connectivity index (χ4n) is 2.00. The maximum Gasteiger partial charge on any atom is 0.573 e. The van der Waals surface area contributed by atoms with E-state index in [2.05, 4.69) is 29.1 Å². The molecule has 2 rings (SSSR count). The number of alkyl halides is 3. The van der Waals surface area contributed by atoms with Crippen molar-refractivity contribution < 1.29 is 22.7 Å². The Morgan fingerprint density at radius 2 is 1.68 bits per heavy atom. The van der Waals surface area contributed by atoms with Crippen molar-refractivity contribution in [3.63, 3.8) is 0 Å². The summed E-state index contributed by atoms with van der Waals surface area (Å²) in [6.45, 7) is 4.18. The number of rotatable bonds is 5. The minimum atomic E-state index is -4.76. The molecule has 132 valence electrons. The lowest BCUT2D eigenvalue weighted by atomic mass is 10.0. The van der Waals surface area contributed by atoms with Gasteiger partial charge in [0, 0.05) is 5.56 Å². The van der Waals surface area contributed by atoms with Crippen molar-refractivity contribution in [2.45, 2.75) is 26.1 Å². The molecule has 0 aromatic heterocycles. The van der Waals surface area contributed by atoms with Crippen LogP contribution in [0, 0.1) is 0 Å². The molecule has 0 radical (unpaired) electrons. The molecule has 0 bridgehead atoms. The molecular weight excluding hydrogens is 333 g/mol. The second kappa shape index (κ2) is 7.83. The molecule has 0 unspecified atom stereocenters. The molecule has 0 saturated carbocycles. The molecule has 25 heavy (non-hydrogen) atoms. The molecule has 0 aliphatic heterocycles. The lowest BCUT2D eigenvalue weighted by molar-refractivity contribution is -0.274. The van der Waals surface area contributed by atoms with Gasteiger partial charge in [-0.15, -0.1) is 13.2 Å². The van der Waals surface area contributed by atoms with Crippen LogP contribution in [0.5, 0.6) is 5.75 Å². The number of hydrogen-bond donors (Lipinski definition) is 1. The average molecular weight is 350 g/mol. The molecule has 1 amide bonds. The molecule has 0 saturated heterocycles. The van der Waals surface area contributed by atoms with E-state index < -0.39 is 18.0 Å². The smallest absolute Gasteiger partial charge is 0.406 e. The molecule has 1 N–H and O–H groups in total. The largest absolute Gasteiger partial charge is 0.573 e. The van der Waals surface area contributed by atoms with Gasteiger partial charge in [-0.3, -0.25) is 4.79 Å². The fourth-order valence-corrected chi connectivity index (χ4v) is 2.00. The number of hydrazone groups is 1. The van der Waals surface area contributed by atoms with Crippen molar-refractivity contribution in [1.82, 2.24) is 5.43 Å². The zero-order valence-electron chi connectivity index (χ0n) is 13.7. The van der Waals surface area contributed by atoms with Gasteiger partial charge < -0.3 is 4.74 Å². The highest BCUT2D eigenvalue weighted by Gasteiger charge is 2.31. The van der Waals surface area contributed by atoms with E-state index in [1.54, 1.807) is 0 Å². The van der Waals surface area contributed by atoms with E-state index >= 15 is 0 Å². The number of nitrogens with zero attached hydrogens (tertiary/aromatic N) is 1. The standard InChI is InChI=1S/C18H17F3N2O2/c1-12(2)14-5-3-13(4-6-14)11-22-23-17(24)15-7-9-16(10-8-15)25-18(19,20)21/h3-12H,1-2H3,(H,23,24). The number of halogens is 3. The van der Waals surface area contributed by atoms with Crippen LogP contribution in [0.3, 0.4) is 0 Å². The first kappa shape index (κ1) is 18.5. The number of amides is 1. The van der Waals surface area contributed by atoms with Crippen LogP contribution in [0.25, 0.3) is 0 Å². The average Bonchev–Trinajstić information content (AvgIpc) is 2.54. The van der Waals surface area contributed by atoms with Gasteiger partial charge in [-0.25, -0.2) is 5.43 Å². The molecule has 0 aliphatic rings. The lowest BCUT2D eigenvalue weighted by Gasteiger charge is -2.08. The van der Waals surface area contributed by atoms with Crippen molar-refractivity contribution in [2.75, 3.05) is 0 Å². The highest BCUT2D eigenvalue weighted by atomic mass is 19.4. The van der Waals surface area contributed by atoms with E-state index in [0.717, 1.165) is 17.7 Å². The third-order valence-corrected chi connectivity index (χ3v) is 3.33. The summed E-state index contributed by atoms with van der Waals surface area (Å²) >= 11 is 0. The van der Waals surface area contributed by atoms with Crippen LogP contribution in [0.4, 0.5) is 13.2 Å². The van der Waals surface area contributed by atoms with Crippen LogP contribution >= 0.6 is 0 Å². The van der Waals surface area contributed by atoms with E-state index in [9.17, 15) is 18.0 Å². The number of carbonyl (C=O) groups excluding carboxylic acids is 1. The van der Waals surface area contributed by atoms with E-state index in [1.165, 1.54) is 23.9 Å². The first-order valence-corrected chi connectivity index (χ1v) is 7.54. The number of carbonyl (C=O) groups is 1. The number of ether oxygens (including phenoxy) is 1. The van der Waals surface area contributed by atoms with E-state index in [0.29, 0.717) is 5.92 Å². The maximum absolute atomic E-state index is 12.1. The van der Waals surface area contributed by atoms with Gasteiger partial charge in [0.1, 0.15) is 5.75 Å². The molecule has 0 atom stereocenters. The van der Waals surface area contributed by atoms with Crippen LogP contribution in [0.2, 0.25) is 0 Å². The van der Waals surface area contributed by atoms with Crippen LogP contribution in [-0.2, 0) is 0 Å². The summed E-state index contributed by atoms with van der Waals surface area (Å²) in [6.07, 6.45) is -3.28. The highest BCUT2D eigenvalue weighted by molar-refractivity contribution is 5.95. The van der Waals surface area contributed by atoms with Crippen LogP contribution in [-0.4, -0.2) is 18.5 Å². The molecular formula is C18H17F3N2O2. The van der Waals surface area contributed by atoms with Gasteiger partial charge in [-0.05, 0) is 41.3 Å². The normalized spacial score (nSPS) is 11.8. The van der Waals surface area contributed by atoms with Crippen LogP contribution < -0.4 is 10.2 Å². The van der Waals surface area contributed by atoms with Crippen LogP contribution in [0.15, 0.2) is 53.6 Å². The van der Waals surface area contributed by atoms with Gasteiger partial charge >= 0.3 is 6.36 Å². The van der Waals surface area contributed by atoms with Crippen molar-refractivity contribution in [2.24, 2.45) is 5.10 Å². The molecule has 7 heteroatoms. The summed E-state index contributed by atoms with van der Waals surface area (Å²) in [5, 5.41) is 3.84. The predicted octanol–water partition coefficient (Wildman–Crippen LogP) is 4.47. The number of benzene rings is 2. The van der Waals surface area contributed by atoms with Gasteiger partial charge in [0.2, 0.25) is 0 Å². The fraction of sp³-hybridized carbons (Fsp3) is 0.222. The monoisotopic (exact) mass is 350 g/mol. The zero-order chi connectivity index (χ0) is 18.4. The highest BCUT2D eigenvalue weighted by Crippen LogP contribution is 2.22. The molecule has 2 aromatic carbocycles. The van der Waals surface area contributed by atoms with Gasteiger partial charge in [-0.1, -0.05) is 38.1 Å². The predicted molar refractivity (Wildman–Crippen MR) is 88.7 cm³/mol. The third-order valence-electron chi connectivity index (χ3n) is 3.33. The quantitative estimate of drug-likeness (QED) is 0.639. The lowest BCUT2D eigenvalue weighted by Crippen LogP contribution is -2.19. The maximum atomic E-state index is 12.1. The van der Waals surface area contributed by atoms with Crippen LogP contribution in [0.1, 0.15) is 41.3 Å². The Hall–Kier alpha value is -2.83. The Balaban J connectivity index is 1.93. The Kier molecular flexibility index (Phi) is 5.80. The number of hydrogen-bond acceptors (Lipinski definition) is 3. The zero-order valence-corrected chi connectivity index (χ0v) is 13.7. The van der Waals surface area contributed by atoms with Crippen molar-refractivity contribution in [3.8, 4) is 5.75 Å². The topological polar surface area (TPSA) is 50.7 Å². The number of nitrogens with one attached hydrogen (secondary N) is 1. The van der Waals surface area contributed by atoms with E-state index in [1.807, 2.05) is 24.3 Å². The van der Waals surface area contributed by atoms with Gasteiger partial charge in [-0.2, -0.15) is 5.10 Å². The minimum Gasteiger partial charge on any atom is -0.406 e. The van der Waals surface area contributed by atoms with Crippen molar-refractivity contribution >= 4 is 12.1 Å². The van der Waals surface area contributed by atoms with Crippen molar-refractivity contribution in [3.05, 3.63) is 65.2 Å².